The summed E-state index contributed by atoms with van der Waals surface area (Å²) in [5.74, 6) is 1.72. The van der Waals surface area contributed by atoms with Crippen molar-refractivity contribution in [3.05, 3.63) is 40.6 Å². The SMILES string of the molecule is COc1ccc(-c2csc(CNC(=O)CNCC3CC3)c2)cc1. The van der Waals surface area contributed by atoms with Crippen LogP contribution in [0.5, 0.6) is 5.75 Å². The molecule has 0 aliphatic heterocycles. The van der Waals surface area contributed by atoms with Gasteiger partial charge in [0.05, 0.1) is 20.2 Å². The normalized spacial score (nSPS) is 13.8. The Morgan fingerprint density at radius 1 is 1.26 bits per heavy atom. The van der Waals surface area contributed by atoms with E-state index in [1.807, 2.05) is 24.3 Å². The van der Waals surface area contributed by atoms with E-state index in [1.54, 1.807) is 18.4 Å². The smallest absolute Gasteiger partial charge is 0.234 e. The van der Waals surface area contributed by atoms with Gasteiger partial charge in [-0.25, -0.2) is 0 Å². The number of rotatable bonds is 8. The summed E-state index contributed by atoms with van der Waals surface area (Å²) in [5.41, 5.74) is 2.33. The standard InChI is InChI=1S/C18H22N2O2S/c1-22-16-6-4-14(5-7-16)15-8-17(23-12-15)10-20-18(21)11-19-9-13-2-3-13/h4-8,12-13,19H,2-3,9-11H2,1H3,(H,20,21). The highest BCUT2D eigenvalue weighted by Gasteiger charge is 2.20. The first-order valence-corrected chi connectivity index (χ1v) is 8.82. The third-order valence-corrected chi connectivity index (χ3v) is 4.89. The number of amides is 1. The van der Waals surface area contributed by atoms with Crippen LogP contribution in [0.2, 0.25) is 0 Å². The van der Waals surface area contributed by atoms with Crippen molar-refractivity contribution in [2.75, 3.05) is 20.2 Å². The Bertz CT molecular complexity index is 647. The summed E-state index contributed by atoms with van der Waals surface area (Å²) >= 11 is 1.67. The lowest BCUT2D eigenvalue weighted by molar-refractivity contribution is -0.120. The maximum Gasteiger partial charge on any atom is 0.234 e. The van der Waals surface area contributed by atoms with Crippen molar-refractivity contribution in [1.29, 1.82) is 0 Å². The minimum atomic E-state index is 0.0602. The van der Waals surface area contributed by atoms with E-state index in [-0.39, 0.29) is 5.91 Å². The van der Waals surface area contributed by atoms with Gasteiger partial charge in [-0.3, -0.25) is 4.79 Å². The molecule has 0 bridgehead atoms. The molecular formula is C18H22N2O2S. The first-order valence-electron chi connectivity index (χ1n) is 7.94. The maximum atomic E-state index is 11.8. The molecular weight excluding hydrogens is 308 g/mol. The lowest BCUT2D eigenvalue weighted by Crippen LogP contribution is -2.34. The van der Waals surface area contributed by atoms with Crippen molar-refractivity contribution in [1.82, 2.24) is 10.6 Å². The summed E-state index contributed by atoms with van der Waals surface area (Å²) in [6.07, 6.45) is 2.61. The van der Waals surface area contributed by atoms with E-state index in [0.717, 1.165) is 28.7 Å². The van der Waals surface area contributed by atoms with Crippen LogP contribution in [0.3, 0.4) is 0 Å². The first-order chi connectivity index (χ1) is 11.2. The number of carbonyl (C=O) groups excluding carboxylic acids is 1. The molecule has 23 heavy (non-hydrogen) atoms. The van der Waals surface area contributed by atoms with Crippen LogP contribution in [0.25, 0.3) is 11.1 Å². The van der Waals surface area contributed by atoms with Crippen LogP contribution in [0, 0.1) is 5.92 Å². The molecule has 1 aromatic carbocycles. The molecule has 0 spiro atoms. The monoisotopic (exact) mass is 330 g/mol. The number of hydrogen-bond acceptors (Lipinski definition) is 4. The second kappa shape index (κ2) is 7.62. The van der Waals surface area contributed by atoms with Crippen LogP contribution in [-0.4, -0.2) is 26.1 Å². The molecule has 1 amide bonds. The van der Waals surface area contributed by atoms with Crippen LogP contribution in [0.1, 0.15) is 17.7 Å². The summed E-state index contributed by atoms with van der Waals surface area (Å²) in [5, 5.41) is 8.29. The van der Waals surface area contributed by atoms with Gasteiger partial charge in [0.25, 0.3) is 0 Å². The van der Waals surface area contributed by atoms with Crippen LogP contribution < -0.4 is 15.4 Å². The van der Waals surface area contributed by atoms with Crippen molar-refractivity contribution in [3.63, 3.8) is 0 Å². The molecule has 122 valence electrons. The van der Waals surface area contributed by atoms with Gasteiger partial charge in [-0.05, 0) is 60.0 Å². The molecule has 3 rings (SSSR count). The highest BCUT2D eigenvalue weighted by molar-refractivity contribution is 7.10. The van der Waals surface area contributed by atoms with Crippen LogP contribution in [0.15, 0.2) is 35.7 Å². The zero-order chi connectivity index (χ0) is 16.1. The van der Waals surface area contributed by atoms with E-state index in [2.05, 4.69) is 22.1 Å². The Morgan fingerprint density at radius 3 is 2.74 bits per heavy atom. The summed E-state index contributed by atoms with van der Waals surface area (Å²) in [6.45, 7) is 1.96. The maximum absolute atomic E-state index is 11.8. The van der Waals surface area contributed by atoms with Gasteiger partial charge >= 0.3 is 0 Å². The summed E-state index contributed by atoms with van der Waals surface area (Å²) in [6, 6.07) is 10.1. The molecule has 5 heteroatoms. The predicted octanol–water partition coefficient (Wildman–Crippen LogP) is 3.04. The van der Waals surface area contributed by atoms with Crippen LogP contribution in [0.4, 0.5) is 0 Å². The summed E-state index contributed by atoms with van der Waals surface area (Å²) in [7, 11) is 1.67. The number of carbonyl (C=O) groups is 1. The van der Waals surface area contributed by atoms with Crippen molar-refractivity contribution in [3.8, 4) is 16.9 Å². The Hall–Kier alpha value is -1.85. The van der Waals surface area contributed by atoms with E-state index in [0.29, 0.717) is 13.1 Å². The Labute approximate surface area is 140 Å². The highest BCUT2D eigenvalue weighted by atomic mass is 32.1. The van der Waals surface area contributed by atoms with Gasteiger partial charge in [0.1, 0.15) is 5.75 Å². The average Bonchev–Trinajstić information content (AvgIpc) is 3.28. The fraction of sp³-hybridized carbons (Fsp3) is 0.389. The van der Waals surface area contributed by atoms with Gasteiger partial charge in [-0.2, -0.15) is 0 Å². The Morgan fingerprint density at radius 2 is 2.04 bits per heavy atom. The Balaban J connectivity index is 1.47. The van der Waals surface area contributed by atoms with Crippen molar-refractivity contribution >= 4 is 17.2 Å². The lowest BCUT2D eigenvalue weighted by Gasteiger charge is -2.05. The van der Waals surface area contributed by atoms with Gasteiger partial charge in [0.2, 0.25) is 5.91 Å². The third kappa shape index (κ3) is 4.81. The molecule has 2 N–H and O–H groups in total. The van der Waals surface area contributed by atoms with E-state index in [4.69, 9.17) is 4.74 Å². The fourth-order valence-electron chi connectivity index (χ4n) is 2.37. The molecule has 0 saturated heterocycles. The number of hydrogen-bond donors (Lipinski definition) is 2. The fourth-order valence-corrected chi connectivity index (χ4v) is 3.20. The molecule has 1 aromatic heterocycles. The minimum Gasteiger partial charge on any atom is -0.497 e. The number of thiophene rings is 1. The van der Waals surface area contributed by atoms with Crippen LogP contribution in [-0.2, 0) is 11.3 Å². The van der Waals surface area contributed by atoms with Crippen molar-refractivity contribution in [2.45, 2.75) is 19.4 Å². The molecule has 1 saturated carbocycles. The quantitative estimate of drug-likeness (QED) is 0.782. The molecule has 2 aromatic rings. The topological polar surface area (TPSA) is 50.4 Å². The molecule has 1 aliphatic rings. The zero-order valence-corrected chi connectivity index (χ0v) is 14.1. The van der Waals surface area contributed by atoms with E-state index >= 15 is 0 Å². The van der Waals surface area contributed by atoms with E-state index in [1.165, 1.54) is 18.4 Å². The Kier molecular flexibility index (Phi) is 5.31. The number of methoxy groups -OCH3 is 1. The molecule has 0 atom stereocenters. The highest BCUT2D eigenvalue weighted by Crippen LogP contribution is 2.28. The molecule has 0 unspecified atom stereocenters. The van der Waals surface area contributed by atoms with Crippen molar-refractivity contribution in [2.24, 2.45) is 5.92 Å². The minimum absolute atomic E-state index is 0.0602. The molecule has 1 aliphatic carbocycles. The van der Waals surface area contributed by atoms with Gasteiger partial charge < -0.3 is 15.4 Å². The first kappa shape index (κ1) is 16.0. The lowest BCUT2D eigenvalue weighted by atomic mass is 10.1. The van der Waals surface area contributed by atoms with Gasteiger partial charge in [-0.15, -0.1) is 11.3 Å². The molecule has 0 radical (unpaired) electrons. The van der Waals surface area contributed by atoms with Crippen molar-refractivity contribution < 1.29 is 9.53 Å². The van der Waals surface area contributed by atoms with E-state index in [9.17, 15) is 4.79 Å². The average molecular weight is 330 g/mol. The second-order valence-electron chi connectivity index (χ2n) is 5.88. The molecule has 4 nitrogen and oxygen atoms in total. The molecule has 1 heterocycles. The van der Waals surface area contributed by atoms with Gasteiger partial charge in [0.15, 0.2) is 0 Å². The van der Waals surface area contributed by atoms with Gasteiger partial charge in [-0.1, -0.05) is 12.1 Å². The largest absolute Gasteiger partial charge is 0.497 e. The summed E-state index contributed by atoms with van der Waals surface area (Å²) < 4.78 is 5.18. The number of benzene rings is 1. The second-order valence-corrected chi connectivity index (χ2v) is 6.88. The number of ether oxygens (including phenoxy) is 1. The van der Waals surface area contributed by atoms with Crippen LogP contribution >= 0.6 is 11.3 Å². The van der Waals surface area contributed by atoms with E-state index < -0.39 is 0 Å². The predicted molar refractivity (Wildman–Crippen MR) is 93.7 cm³/mol. The summed E-state index contributed by atoms with van der Waals surface area (Å²) in [4.78, 5) is 12.9. The molecule has 1 fully saturated rings. The van der Waals surface area contributed by atoms with Gasteiger partial charge in [0, 0.05) is 4.88 Å². The zero-order valence-electron chi connectivity index (χ0n) is 13.3. The number of nitrogens with one attached hydrogen (secondary N) is 2. The third-order valence-electron chi connectivity index (χ3n) is 3.95.